The number of benzene rings is 11. The summed E-state index contributed by atoms with van der Waals surface area (Å²) in [7, 11) is 0. The van der Waals surface area contributed by atoms with Gasteiger partial charge in [0.2, 0.25) is 0 Å². The Morgan fingerprint density at radius 3 is 1.45 bits per heavy atom. The van der Waals surface area contributed by atoms with Gasteiger partial charge in [0.25, 0.3) is 0 Å². The van der Waals surface area contributed by atoms with E-state index in [9.17, 15) is 0 Å². The van der Waals surface area contributed by atoms with Gasteiger partial charge in [-0.15, -0.1) is 0 Å². The highest BCUT2D eigenvalue weighted by molar-refractivity contribution is 6.10. The van der Waals surface area contributed by atoms with Gasteiger partial charge < -0.3 is 9.32 Å². The predicted molar refractivity (Wildman–Crippen MR) is 280 cm³/mol. The molecule has 0 radical (unpaired) electrons. The first-order valence-corrected chi connectivity index (χ1v) is 23.1. The zero-order valence-electron chi connectivity index (χ0n) is 36.7. The van der Waals surface area contributed by atoms with E-state index in [0.717, 1.165) is 50.1 Å². The van der Waals surface area contributed by atoms with Gasteiger partial charge in [0, 0.05) is 33.4 Å². The highest BCUT2D eigenvalue weighted by atomic mass is 16.3. The molecule has 0 N–H and O–H groups in total. The Bertz CT molecular complexity index is 3720. The van der Waals surface area contributed by atoms with Gasteiger partial charge in [0.1, 0.15) is 11.2 Å². The van der Waals surface area contributed by atoms with Crippen molar-refractivity contribution in [2.75, 3.05) is 4.90 Å². The van der Waals surface area contributed by atoms with E-state index in [1.54, 1.807) is 0 Å². The van der Waals surface area contributed by atoms with Crippen LogP contribution < -0.4 is 4.90 Å². The lowest BCUT2D eigenvalue weighted by atomic mass is 9.66. The topological polar surface area (TPSA) is 16.4 Å². The van der Waals surface area contributed by atoms with E-state index in [1.165, 1.54) is 66.4 Å². The monoisotopic (exact) mass is 853 g/mol. The molecule has 0 amide bonds. The van der Waals surface area contributed by atoms with Crippen molar-refractivity contribution in [2.45, 2.75) is 5.41 Å². The van der Waals surface area contributed by atoms with E-state index in [4.69, 9.17) is 4.42 Å². The Morgan fingerprint density at radius 1 is 0.299 bits per heavy atom. The predicted octanol–water partition coefficient (Wildman–Crippen LogP) is 17.6. The van der Waals surface area contributed by atoms with Gasteiger partial charge in [0.05, 0.1) is 5.41 Å². The lowest BCUT2D eigenvalue weighted by Crippen LogP contribution is -2.29. The van der Waals surface area contributed by atoms with Gasteiger partial charge in [-0.25, -0.2) is 0 Å². The molecule has 0 aliphatic heterocycles. The zero-order chi connectivity index (χ0) is 44.3. The third kappa shape index (κ3) is 6.18. The summed E-state index contributed by atoms with van der Waals surface area (Å²) in [6.45, 7) is 0. The lowest BCUT2D eigenvalue weighted by Gasteiger charge is -2.35. The van der Waals surface area contributed by atoms with Crippen LogP contribution in [0.5, 0.6) is 0 Å². The molecule has 0 spiro atoms. The van der Waals surface area contributed by atoms with Crippen molar-refractivity contribution >= 4 is 49.8 Å². The van der Waals surface area contributed by atoms with Crippen LogP contribution in [0.3, 0.4) is 0 Å². The average molecular weight is 854 g/mol. The number of rotatable bonds is 8. The average Bonchev–Trinajstić information content (AvgIpc) is 3.94. The molecule has 1 heterocycles. The Balaban J connectivity index is 1.05. The summed E-state index contributed by atoms with van der Waals surface area (Å²) in [5, 5.41) is 4.76. The molecule has 12 aromatic rings. The van der Waals surface area contributed by atoms with Gasteiger partial charge in [-0.3, -0.25) is 0 Å². The molecule has 11 aromatic carbocycles. The molecular formula is C65H43NO. The fourth-order valence-corrected chi connectivity index (χ4v) is 11.0. The number of para-hydroxylation sites is 2. The summed E-state index contributed by atoms with van der Waals surface area (Å²) in [5.74, 6) is 0. The van der Waals surface area contributed by atoms with E-state index in [0.29, 0.717) is 0 Å². The van der Waals surface area contributed by atoms with Gasteiger partial charge >= 0.3 is 0 Å². The third-order valence-electron chi connectivity index (χ3n) is 13.9. The second-order valence-corrected chi connectivity index (χ2v) is 17.5. The Kier molecular flexibility index (Phi) is 9.11. The molecule has 13 rings (SSSR count). The molecular weight excluding hydrogens is 811 g/mol. The summed E-state index contributed by atoms with van der Waals surface area (Å²) >= 11 is 0. The van der Waals surface area contributed by atoms with E-state index < -0.39 is 5.41 Å². The zero-order valence-corrected chi connectivity index (χ0v) is 36.7. The molecule has 0 atom stereocenters. The first-order chi connectivity index (χ1) is 33.2. The number of anilines is 3. The molecule has 1 aliphatic carbocycles. The molecule has 1 aliphatic rings. The first kappa shape index (κ1) is 38.7. The van der Waals surface area contributed by atoms with Crippen LogP contribution in [0, 0.1) is 0 Å². The summed E-state index contributed by atoms with van der Waals surface area (Å²) in [6.07, 6.45) is 0. The summed E-state index contributed by atoms with van der Waals surface area (Å²) in [4.78, 5) is 2.41. The summed E-state index contributed by atoms with van der Waals surface area (Å²) < 4.78 is 6.51. The minimum absolute atomic E-state index is 0.629. The molecule has 0 saturated heterocycles. The van der Waals surface area contributed by atoms with Crippen LogP contribution in [0.4, 0.5) is 17.1 Å². The SMILES string of the molecule is c1ccc(-c2ccc(N(c3ccc(-c4cccc5c4oc4ccccc45)cc3)c3ccc4c(c3)C(c3ccccc3)(c3ccccc3)c3c-4cc(-c4ccccc4)c4ccccc34)cc2)cc1. The largest absolute Gasteiger partial charge is 0.455 e. The van der Waals surface area contributed by atoms with Crippen LogP contribution in [0.15, 0.2) is 265 Å². The van der Waals surface area contributed by atoms with Crippen molar-refractivity contribution < 1.29 is 4.42 Å². The van der Waals surface area contributed by atoms with Crippen molar-refractivity contribution in [1.82, 2.24) is 0 Å². The Hall–Kier alpha value is -8.72. The van der Waals surface area contributed by atoms with Crippen molar-refractivity contribution in [1.29, 1.82) is 0 Å². The molecule has 67 heavy (non-hydrogen) atoms. The number of furan rings is 1. The van der Waals surface area contributed by atoms with Crippen molar-refractivity contribution in [2.24, 2.45) is 0 Å². The normalized spacial score (nSPS) is 12.6. The maximum absolute atomic E-state index is 6.51. The van der Waals surface area contributed by atoms with Crippen molar-refractivity contribution in [3.05, 3.63) is 283 Å². The van der Waals surface area contributed by atoms with Crippen molar-refractivity contribution in [3.8, 4) is 44.5 Å². The molecule has 2 nitrogen and oxygen atoms in total. The van der Waals surface area contributed by atoms with Gasteiger partial charge in [0.15, 0.2) is 0 Å². The molecule has 0 saturated carbocycles. The fraction of sp³-hybridized carbons (Fsp3) is 0.0154. The maximum atomic E-state index is 6.51. The Morgan fingerprint density at radius 2 is 0.791 bits per heavy atom. The van der Waals surface area contributed by atoms with Gasteiger partial charge in [-0.05, 0) is 121 Å². The minimum Gasteiger partial charge on any atom is -0.455 e. The summed E-state index contributed by atoms with van der Waals surface area (Å²) in [5.41, 5.74) is 18.9. The van der Waals surface area contributed by atoms with E-state index >= 15 is 0 Å². The van der Waals surface area contributed by atoms with E-state index in [2.05, 4.69) is 254 Å². The third-order valence-corrected chi connectivity index (χ3v) is 13.9. The number of hydrogen-bond donors (Lipinski definition) is 0. The minimum atomic E-state index is -0.629. The maximum Gasteiger partial charge on any atom is 0.143 e. The molecule has 0 fully saturated rings. The van der Waals surface area contributed by atoms with Crippen LogP contribution in [-0.4, -0.2) is 0 Å². The van der Waals surface area contributed by atoms with Crippen LogP contribution >= 0.6 is 0 Å². The number of hydrogen-bond acceptors (Lipinski definition) is 2. The quantitative estimate of drug-likeness (QED) is 0.151. The summed E-state index contributed by atoms with van der Waals surface area (Å²) in [6, 6.07) is 95.1. The molecule has 0 unspecified atom stereocenters. The van der Waals surface area contributed by atoms with Crippen molar-refractivity contribution in [3.63, 3.8) is 0 Å². The van der Waals surface area contributed by atoms with Gasteiger partial charge in [-0.2, -0.15) is 0 Å². The van der Waals surface area contributed by atoms with E-state index in [1.807, 2.05) is 12.1 Å². The lowest BCUT2D eigenvalue weighted by molar-refractivity contribution is 0.670. The fourth-order valence-electron chi connectivity index (χ4n) is 11.0. The molecule has 1 aromatic heterocycles. The first-order valence-electron chi connectivity index (χ1n) is 23.1. The second kappa shape index (κ2) is 15.8. The molecule has 314 valence electrons. The van der Waals surface area contributed by atoms with Crippen LogP contribution in [0.1, 0.15) is 22.3 Å². The molecule has 0 bridgehead atoms. The van der Waals surface area contributed by atoms with Crippen LogP contribution in [-0.2, 0) is 5.41 Å². The number of nitrogens with zero attached hydrogens (tertiary/aromatic N) is 1. The smallest absolute Gasteiger partial charge is 0.143 e. The molecule has 2 heteroatoms. The number of fused-ring (bicyclic) bond motifs is 8. The van der Waals surface area contributed by atoms with Gasteiger partial charge in [-0.1, -0.05) is 212 Å². The van der Waals surface area contributed by atoms with E-state index in [-0.39, 0.29) is 0 Å². The second-order valence-electron chi connectivity index (χ2n) is 17.5. The van der Waals surface area contributed by atoms with Crippen LogP contribution in [0.25, 0.3) is 77.2 Å². The highest BCUT2D eigenvalue weighted by Crippen LogP contribution is 2.60. The standard InChI is InChI=1S/C65H43NO/c1-5-18-44(19-6-1)45-32-36-50(37-33-45)66(51-38-34-47(35-39-51)53-29-17-30-58-56-27-15-16-31-62(56)67-64(53)58)52-40-41-55-60-43-59(46-20-7-2-8-21-46)54-26-13-14-28-57(54)63(60)65(61(55)42-52,48-22-9-3-10-23-48)49-24-11-4-12-25-49/h1-43H. The van der Waals surface area contributed by atoms with Crippen LogP contribution in [0.2, 0.25) is 0 Å². The highest BCUT2D eigenvalue weighted by Gasteiger charge is 2.48. The Labute approximate surface area is 390 Å².